The molecule has 7 heteroatoms. The summed E-state index contributed by atoms with van der Waals surface area (Å²) in [6.45, 7) is 7.55. The lowest BCUT2D eigenvalue weighted by atomic mass is 10.0. The molecule has 1 heterocycles. The van der Waals surface area contributed by atoms with E-state index in [9.17, 15) is 13.2 Å². The molecular formula is C21H28N2O4S. The second-order valence-electron chi connectivity index (χ2n) is 7.94. The van der Waals surface area contributed by atoms with Crippen LogP contribution >= 0.6 is 0 Å². The minimum Gasteiger partial charge on any atom is -0.361 e. The second-order valence-corrected chi connectivity index (χ2v) is 10.2. The Kier molecular flexibility index (Phi) is 5.40. The van der Waals surface area contributed by atoms with Gasteiger partial charge >= 0.3 is 0 Å². The van der Waals surface area contributed by atoms with Crippen molar-refractivity contribution in [3.63, 3.8) is 0 Å². The number of aromatic nitrogens is 1. The van der Waals surface area contributed by atoms with Crippen LogP contribution in [0, 0.1) is 27.7 Å². The van der Waals surface area contributed by atoms with Crippen LogP contribution in [0.3, 0.4) is 0 Å². The van der Waals surface area contributed by atoms with Gasteiger partial charge in [-0.25, -0.2) is 8.42 Å². The number of amides is 1. The summed E-state index contributed by atoms with van der Waals surface area (Å²) in [6.07, 6.45) is 2.17. The Hall–Kier alpha value is -2.15. The molecule has 6 nitrogen and oxygen atoms in total. The van der Waals surface area contributed by atoms with Crippen LogP contribution in [-0.4, -0.2) is 36.2 Å². The molecule has 28 heavy (non-hydrogen) atoms. The number of carbonyl (C=O) groups excluding carboxylic acids is 1. The highest BCUT2D eigenvalue weighted by atomic mass is 32.2. The van der Waals surface area contributed by atoms with Crippen molar-refractivity contribution in [1.82, 2.24) is 10.1 Å². The van der Waals surface area contributed by atoms with E-state index in [-0.39, 0.29) is 17.3 Å². The van der Waals surface area contributed by atoms with Crippen LogP contribution in [0.4, 0.5) is 0 Å². The molecule has 1 aliphatic carbocycles. The van der Waals surface area contributed by atoms with Gasteiger partial charge in [0.25, 0.3) is 0 Å². The molecule has 1 aromatic carbocycles. The number of sulfone groups is 1. The predicted octanol–water partition coefficient (Wildman–Crippen LogP) is 3.65. The van der Waals surface area contributed by atoms with E-state index in [0.717, 1.165) is 29.7 Å². The third-order valence-electron chi connectivity index (χ3n) is 5.87. The Morgan fingerprint density at radius 2 is 1.82 bits per heavy atom. The van der Waals surface area contributed by atoms with E-state index in [2.05, 4.69) is 5.16 Å². The standard InChI is InChI=1S/C21H28N2O4S/c1-14-8-9-15(2)19(12-14)28(25,26)21(10-6-7-11-21)20(24)23(5)13-18-16(3)22-27-17(18)4/h8-9,12H,6-7,10-11,13H2,1-5H3. The molecule has 0 radical (unpaired) electrons. The third kappa shape index (κ3) is 3.26. The Morgan fingerprint density at radius 1 is 1.18 bits per heavy atom. The predicted molar refractivity (Wildman–Crippen MR) is 107 cm³/mol. The van der Waals surface area contributed by atoms with Gasteiger partial charge in [0, 0.05) is 12.6 Å². The quantitative estimate of drug-likeness (QED) is 0.760. The van der Waals surface area contributed by atoms with Crippen LogP contribution in [0.2, 0.25) is 0 Å². The fourth-order valence-electron chi connectivity index (χ4n) is 4.14. The highest BCUT2D eigenvalue weighted by molar-refractivity contribution is 7.93. The van der Waals surface area contributed by atoms with E-state index in [4.69, 9.17) is 4.52 Å². The number of aryl methyl sites for hydroxylation is 4. The molecule has 3 rings (SSSR count). The lowest BCUT2D eigenvalue weighted by molar-refractivity contribution is -0.133. The number of benzene rings is 1. The van der Waals surface area contributed by atoms with Crippen LogP contribution in [0.5, 0.6) is 0 Å². The normalized spacial score (nSPS) is 16.3. The number of nitrogens with zero attached hydrogens (tertiary/aromatic N) is 2. The van der Waals surface area contributed by atoms with Crippen molar-refractivity contribution in [3.8, 4) is 0 Å². The topological polar surface area (TPSA) is 80.5 Å². The van der Waals surface area contributed by atoms with Crippen LogP contribution in [-0.2, 0) is 21.2 Å². The van der Waals surface area contributed by atoms with Gasteiger partial charge in [0.05, 0.1) is 17.1 Å². The van der Waals surface area contributed by atoms with Crippen molar-refractivity contribution in [2.75, 3.05) is 7.05 Å². The third-order valence-corrected chi connectivity index (χ3v) is 8.50. The Bertz CT molecular complexity index is 982. The molecule has 0 aliphatic heterocycles. The summed E-state index contributed by atoms with van der Waals surface area (Å²) in [5, 5.41) is 3.93. The number of rotatable bonds is 5. The maximum absolute atomic E-state index is 13.7. The first-order valence-corrected chi connectivity index (χ1v) is 11.1. The van der Waals surface area contributed by atoms with Gasteiger partial charge in [0.15, 0.2) is 14.6 Å². The van der Waals surface area contributed by atoms with Crippen molar-refractivity contribution < 1.29 is 17.7 Å². The van der Waals surface area contributed by atoms with E-state index in [1.807, 2.05) is 26.0 Å². The fourth-order valence-corrected chi connectivity index (χ4v) is 6.60. The average molecular weight is 405 g/mol. The Balaban J connectivity index is 2.02. The minimum atomic E-state index is -3.83. The van der Waals surface area contributed by atoms with Crippen LogP contribution in [0.1, 0.15) is 53.8 Å². The molecule has 1 fully saturated rings. The highest BCUT2D eigenvalue weighted by Gasteiger charge is 2.54. The van der Waals surface area contributed by atoms with Crippen LogP contribution < -0.4 is 0 Å². The van der Waals surface area contributed by atoms with Gasteiger partial charge < -0.3 is 9.42 Å². The van der Waals surface area contributed by atoms with Gasteiger partial charge in [-0.3, -0.25) is 4.79 Å². The SMILES string of the molecule is Cc1ccc(C)c(S(=O)(=O)C2(C(=O)N(C)Cc3c(C)noc3C)CCCC2)c1. The maximum Gasteiger partial charge on any atom is 0.244 e. The van der Waals surface area contributed by atoms with Gasteiger partial charge in [-0.2, -0.15) is 0 Å². The molecule has 1 saturated carbocycles. The average Bonchev–Trinajstić information content (AvgIpc) is 3.26. The first kappa shape index (κ1) is 20.6. The fraction of sp³-hybridized carbons (Fsp3) is 0.524. The van der Waals surface area contributed by atoms with Gasteiger partial charge in [0.2, 0.25) is 5.91 Å². The molecule has 1 aromatic heterocycles. The number of hydrogen-bond donors (Lipinski definition) is 0. The molecular weight excluding hydrogens is 376 g/mol. The number of hydrogen-bond acceptors (Lipinski definition) is 5. The van der Waals surface area contributed by atoms with Gasteiger partial charge in [-0.05, 0) is 57.7 Å². The van der Waals surface area contributed by atoms with E-state index >= 15 is 0 Å². The summed E-state index contributed by atoms with van der Waals surface area (Å²) < 4.78 is 31.2. The highest BCUT2D eigenvalue weighted by Crippen LogP contribution is 2.43. The summed E-state index contributed by atoms with van der Waals surface area (Å²) in [6, 6.07) is 5.39. The molecule has 2 aromatic rings. The van der Waals surface area contributed by atoms with Crippen LogP contribution in [0.25, 0.3) is 0 Å². The monoisotopic (exact) mass is 404 g/mol. The van der Waals surface area contributed by atoms with E-state index in [1.54, 1.807) is 27.0 Å². The summed E-state index contributed by atoms with van der Waals surface area (Å²) in [5.74, 6) is 0.306. The maximum atomic E-state index is 13.7. The smallest absolute Gasteiger partial charge is 0.244 e. The van der Waals surface area contributed by atoms with Gasteiger partial charge in [-0.1, -0.05) is 30.1 Å². The summed E-state index contributed by atoms with van der Waals surface area (Å²) in [5.41, 5.74) is 3.09. The van der Waals surface area contributed by atoms with Crippen molar-refractivity contribution >= 4 is 15.7 Å². The van der Waals surface area contributed by atoms with Gasteiger partial charge in [0.1, 0.15) is 5.76 Å². The molecule has 0 bridgehead atoms. The Morgan fingerprint density at radius 3 is 2.39 bits per heavy atom. The number of carbonyl (C=O) groups is 1. The zero-order chi connectivity index (χ0) is 20.7. The molecule has 0 spiro atoms. The summed E-state index contributed by atoms with van der Waals surface area (Å²) in [7, 11) is -2.17. The zero-order valence-corrected chi connectivity index (χ0v) is 18.0. The van der Waals surface area contributed by atoms with Crippen molar-refractivity contribution in [1.29, 1.82) is 0 Å². The molecule has 1 amide bonds. The van der Waals surface area contributed by atoms with E-state index in [1.165, 1.54) is 4.90 Å². The first-order valence-electron chi connectivity index (χ1n) is 9.59. The van der Waals surface area contributed by atoms with E-state index in [0.29, 0.717) is 24.2 Å². The lowest BCUT2D eigenvalue weighted by Crippen LogP contribution is -2.51. The zero-order valence-electron chi connectivity index (χ0n) is 17.2. The largest absolute Gasteiger partial charge is 0.361 e. The molecule has 0 unspecified atom stereocenters. The first-order chi connectivity index (χ1) is 13.1. The second kappa shape index (κ2) is 7.35. The Labute approximate surface area is 166 Å². The molecule has 0 atom stereocenters. The summed E-state index contributed by atoms with van der Waals surface area (Å²) in [4.78, 5) is 15.3. The molecule has 0 saturated heterocycles. The summed E-state index contributed by atoms with van der Waals surface area (Å²) >= 11 is 0. The van der Waals surface area contributed by atoms with Crippen molar-refractivity contribution in [2.24, 2.45) is 0 Å². The van der Waals surface area contributed by atoms with Crippen molar-refractivity contribution in [2.45, 2.75) is 69.6 Å². The molecule has 152 valence electrons. The van der Waals surface area contributed by atoms with Gasteiger partial charge in [-0.15, -0.1) is 0 Å². The molecule has 1 aliphatic rings. The van der Waals surface area contributed by atoms with Crippen LogP contribution in [0.15, 0.2) is 27.6 Å². The molecule has 0 N–H and O–H groups in total. The van der Waals surface area contributed by atoms with Crippen molar-refractivity contribution in [3.05, 3.63) is 46.3 Å². The minimum absolute atomic E-state index is 0.272. The lowest BCUT2D eigenvalue weighted by Gasteiger charge is -2.32. The van der Waals surface area contributed by atoms with E-state index < -0.39 is 14.6 Å².